The third kappa shape index (κ3) is 5.88. The highest BCUT2D eigenvalue weighted by atomic mass is 19.1. The van der Waals surface area contributed by atoms with Crippen LogP contribution in [0.4, 0.5) is 15.0 Å². The summed E-state index contributed by atoms with van der Waals surface area (Å²) in [6, 6.07) is 9.62. The summed E-state index contributed by atoms with van der Waals surface area (Å²) in [5.74, 6) is 1.46. The molecule has 0 saturated carbocycles. The summed E-state index contributed by atoms with van der Waals surface area (Å²) in [5, 5.41) is 16.1. The molecule has 0 radical (unpaired) electrons. The monoisotopic (exact) mass is 670 g/mol. The number of aliphatic imine (C=N–C) groups is 1. The maximum Gasteiger partial charge on any atom is 0.409 e. The minimum Gasteiger partial charge on any atom is -0.508 e. The number of anilines is 1. The van der Waals surface area contributed by atoms with Crippen LogP contribution in [-0.4, -0.2) is 103 Å². The fourth-order valence-electron chi connectivity index (χ4n) is 9.24. The lowest BCUT2D eigenvalue weighted by Gasteiger charge is -2.36. The lowest BCUT2D eigenvalue weighted by Crippen LogP contribution is -2.51. The summed E-state index contributed by atoms with van der Waals surface area (Å²) < 4.78 is 27.3. The molecular formula is C38H47FN6O4. The van der Waals surface area contributed by atoms with Crippen LogP contribution in [-0.2, 0) is 17.6 Å². The molecule has 4 fully saturated rings. The van der Waals surface area contributed by atoms with E-state index >= 15 is 4.39 Å². The zero-order chi connectivity index (χ0) is 33.9. The molecule has 4 unspecified atom stereocenters. The van der Waals surface area contributed by atoms with E-state index < -0.39 is 0 Å². The van der Waals surface area contributed by atoms with E-state index in [2.05, 4.69) is 21.2 Å². The maximum absolute atomic E-state index is 15.0. The van der Waals surface area contributed by atoms with Crippen LogP contribution >= 0.6 is 0 Å². The van der Waals surface area contributed by atoms with Crippen molar-refractivity contribution in [1.82, 2.24) is 20.1 Å². The number of pyridine rings is 1. The largest absolute Gasteiger partial charge is 0.508 e. The van der Waals surface area contributed by atoms with Crippen LogP contribution in [0.15, 0.2) is 35.3 Å². The van der Waals surface area contributed by atoms with Crippen LogP contribution in [0.5, 0.6) is 11.6 Å². The van der Waals surface area contributed by atoms with Gasteiger partial charge in [0.05, 0.1) is 11.6 Å². The molecule has 0 spiro atoms. The molecule has 1 amide bonds. The third-order valence-electron chi connectivity index (χ3n) is 11.6. The van der Waals surface area contributed by atoms with Crippen molar-refractivity contribution in [2.24, 2.45) is 4.99 Å². The minimum absolute atomic E-state index is 0.110. The Morgan fingerprint density at radius 3 is 2.73 bits per heavy atom. The summed E-state index contributed by atoms with van der Waals surface area (Å²) in [5.41, 5.74) is 3.51. The van der Waals surface area contributed by atoms with E-state index in [0.29, 0.717) is 49.6 Å². The first-order chi connectivity index (χ1) is 23.7. The van der Waals surface area contributed by atoms with Gasteiger partial charge in [-0.2, -0.15) is 4.98 Å². The van der Waals surface area contributed by atoms with Gasteiger partial charge in [0.15, 0.2) is 0 Å². The SMILES string of the molecule is CCc1c(F)ccc2cc(O)cc(CC3N=Cc4c3cc(OCC35CCCN3[C@@H](COC(=O)N(C)C)CC5)nc4N3CC4CCC(C3)N4)c12. The van der Waals surface area contributed by atoms with Crippen molar-refractivity contribution in [3.8, 4) is 11.6 Å². The van der Waals surface area contributed by atoms with Crippen LogP contribution in [0.25, 0.3) is 10.8 Å². The summed E-state index contributed by atoms with van der Waals surface area (Å²) in [7, 11) is 3.41. The number of carbonyl (C=O) groups is 1. The average molecular weight is 671 g/mol. The van der Waals surface area contributed by atoms with Gasteiger partial charge in [-0.1, -0.05) is 13.0 Å². The number of aryl methyl sites for hydroxylation is 1. The fraction of sp³-hybridized carbons (Fsp3) is 0.553. The Hall–Kier alpha value is -3.96. The molecule has 6 heterocycles. The molecule has 4 saturated heterocycles. The second kappa shape index (κ2) is 12.7. The van der Waals surface area contributed by atoms with Crippen molar-refractivity contribution in [3.63, 3.8) is 0 Å². The zero-order valence-corrected chi connectivity index (χ0v) is 28.8. The van der Waals surface area contributed by atoms with Crippen molar-refractivity contribution in [3.05, 3.63) is 58.4 Å². The van der Waals surface area contributed by atoms with E-state index in [1.807, 2.05) is 13.1 Å². The number of carbonyl (C=O) groups excluding carboxylic acids is 1. The Kier molecular flexibility index (Phi) is 8.38. The van der Waals surface area contributed by atoms with E-state index in [9.17, 15) is 9.90 Å². The molecule has 10 nitrogen and oxygen atoms in total. The van der Waals surface area contributed by atoms with Gasteiger partial charge in [-0.15, -0.1) is 0 Å². The molecule has 2 bridgehead atoms. The number of phenolic OH excluding ortho intramolecular Hbond substituents is 1. The van der Waals surface area contributed by atoms with E-state index in [1.165, 1.54) is 23.8 Å². The highest BCUT2D eigenvalue weighted by Crippen LogP contribution is 2.44. The molecule has 260 valence electrons. The second-order valence-electron chi connectivity index (χ2n) is 14.9. The van der Waals surface area contributed by atoms with Crippen LogP contribution < -0.4 is 15.0 Å². The van der Waals surface area contributed by atoms with Gasteiger partial charge < -0.3 is 29.7 Å². The number of nitrogens with one attached hydrogen (secondary N) is 1. The van der Waals surface area contributed by atoms with Crippen molar-refractivity contribution < 1.29 is 23.8 Å². The molecule has 49 heavy (non-hydrogen) atoms. The standard InChI is InChI=1S/C38H47FN6O4/c1-4-29-32(39)9-6-23-14-28(46)15-24(35(23)29)16-33-30-17-34(42-36(31(30)18-40-33)44-19-25-7-8-26(20-44)41-25)49-22-38-11-5-13-45(38)27(10-12-38)21-48-37(47)43(2)3/h6,9,14-15,17-18,25-27,33,41,46H,4-5,7-8,10-13,16,19-22H2,1-3H3/t25?,26?,27-,33?,38?/m1/s1. The van der Waals surface area contributed by atoms with Crippen LogP contribution in [0.2, 0.25) is 0 Å². The van der Waals surface area contributed by atoms with Gasteiger partial charge in [-0.05, 0) is 104 Å². The van der Waals surface area contributed by atoms with Crippen LogP contribution in [0.3, 0.4) is 0 Å². The molecule has 2 N–H and O–H groups in total. The number of nitrogens with zero attached hydrogens (tertiary/aromatic N) is 5. The van der Waals surface area contributed by atoms with Gasteiger partial charge in [0, 0.05) is 63.2 Å². The average Bonchev–Trinajstić information content (AvgIpc) is 3.86. The number of ether oxygens (including phenoxy) is 2. The number of halogens is 1. The molecule has 8 rings (SSSR count). The Bertz CT molecular complexity index is 1790. The fourth-order valence-corrected chi connectivity index (χ4v) is 9.24. The highest BCUT2D eigenvalue weighted by molar-refractivity contribution is 5.93. The van der Waals surface area contributed by atoms with E-state index in [-0.39, 0.29) is 35.3 Å². The predicted molar refractivity (Wildman–Crippen MR) is 188 cm³/mol. The Labute approximate surface area is 287 Å². The van der Waals surface area contributed by atoms with Crippen LogP contribution in [0.1, 0.15) is 73.7 Å². The molecule has 1 aromatic heterocycles. The number of hydrogen-bond acceptors (Lipinski definition) is 9. The molecule has 5 aliphatic heterocycles. The summed E-state index contributed by atoms with van der Waals surface area (Å²) >= 11 is 0. The first-order valence-corrected chi connectivity index (χ1v) is 18.0. The number of rotatable bonds is 9. The van der Waals surface area contributed by atoms with Gasteiger partial charge in [0.2, 0.25) is 5.88 Å². The number of hydrogen-bond donors (Lipinski definition) is 2. The molecule has 2 aromatic carbocycles. The van der Waals surface area contributed by atoms with Crippen LogP contribution in [0, 0.1) is 5.82 Å². The number of aromatic hydroxyl groups is 1. The smallest absolute Gasteiger partial charge is 0.409 e. The first kappa shape index (κ1) is 32.3. The molecule has 11 heteroatoms. The summed E-state index contributed by atoms with van der Waals surface area (Å²) in [6.07, 6.45) is 9.13. The van der Waals surface area contributed by atoms with Crippen molar-refractivity contribution in [1.29, 1.82) is 0 Å². The quantitative estimate of drug-likeness (QED) is 0.313. The number of phenols is 1. The van der Waals surface area contributed by atoms with E-state index in [1.54, 1.807) is 32.3 Å². The third-order valence-corrected chi connectivity index (χ3v) is 11.6. The molecule has 0 aliphatic carbocycles. The maximum atomic E-state index is 15.0. The lowest BCUT2D eigenvalue weighted by molar-refractivity contribution is 0.0494. The number of fused-ring (bicyclic) bond motifs is 5. The number of amides is 1. The molecule has 5 aliphatic rings. The minimum atomic E-state index is -0.310. The van der Waals surface area contributed by atoms with Crippen molar-refractivity contribution in [2.75, 3.05) is 51.8 Å². The summed E-state index contributed by atoms with van der Waals surface area (Å²) in [4.78, 5) is 28.7. The second-order valence-corrected chi connectivity index (χ2v) is 14.9. The predicted octanol–water partition coefficient (Wildman–Crippen LogP) is 5.37. The zero-order valence-electron chi connectivity index (χ0n) is 28.8. The van der Waals surface area contributed by atoms with E-state index in [4.69, 9.17) is 19.5 Å². The highest BCUT2D eigenvalue weighted by Gasteiger charge is 2.50. The normalized spacial score (nSPS) is 27.1. The van der Waals surface area contributed by atoms with Gasteiger partial charge in [-0.25, -0.2) is 9.18 Å². The summed E-state index contributed by atoms with van der Waals surface area (Å²) in [6.45, 7) is 5.61. The Morgan fingerprint density at radius 2 is 1.96 bits per heavy atom. The van der Waals surface area contributed by atoms with Gasteiger partial charge in [-0.3, -0.25) is 9.89 Å². The number of piperazine rings is 1. The van der Waals surface area contributed by atoms with Gasteiger partial charge in [0.25, 0.3) is 0 Å². The Morgan fingerprint density at radius 1 is 1.14 bits per heavy atom. The van der Waals surface area contributed by atoms with Crippen molar-refractivity contribution in [2.45, 2.75) is 88.0 Å². The van der Waals surface area contributed by atoms with Gasteiger partial charge in [0.1, 0.15) is 30.6 Å². The van der Waals surface area contributed by atoms with E-state index in [0.717, 1.165) is 78.6 Å². The number of benzene rings is 2. The lowest BCUT2D eigenvalue weighted by atomic mass is 9.91. The molecule has 5 atom stereocenters. The number of aromatic nitrogens is 1. The molecule has 3 aromatic rings. The topological polar surface area (TPSA) is 103 Å². The van der Waals surface area contributed by atoms with Gasteiger partial charge >= 0.3 is 6.09 Å². The Balaban J connectivity index is 1.10. The van der Waals surface area contributed by atoms with Crippen molar-refractivity contribution >= 4 is 28.9 Å². The molecular weight excluding hydrogens is 623 g/mol. The first-order valence-electron chi connectivity index (χ1n) is 18.0.